The van der Waals surface area contributed by atoms with Gasteiger partial charge in [0.25, 0.3) is 5.91 Å². The Morgan fingerprint density at radius 2 is 1.88 bits per heavy atom. The Kier molecular flexibility index (Phi) is 3.67. The number of imidazole rings is 1. The Bertz CT molecular complexity index is 1040. The van der Waals surface area contributed by atoms with Crippen LogP contribution in [-0.2, 0) is 0 Å². The summed E-state index contributed by atoms with van der Waals surface area (Å²) in [4.78, 5) is 19.8. The van der Waals surface area contributed by atoms with Crippen molar-refractivity contribution in [3.05, 3.63) is 78.6 Å². The summed E-state index contributed by atoms with van der Waals surface area (Å²) in [7, 11) is 0. The van der Waals surface area contributed by atoms with Crippen LogP contribution in [0.25, 0.3) is 22.2 Å². The minimum absolute atomic E-state index is 0.164. The molecule has 0 bridgehead atoms. The highest BCUT2D eigenvalue weighted by atomic mass is 16.3. The standard InChI is InChI=1S/C20H15N3O2/c24-16-9-8-13-2-1-3-18(17(13)12-16)23-20(25)15-6-4-14(5-7-15)19-21-10-11-22-19/h1-12,24H,(H,21,22)(H,23,25). The normalized spacial score (nSPS) is 10.7. The molecule has 4 aromatic rings. The predicted octanol–water partition coefficient (Wildman–Crippen LogP) is 4.19. The van der Waals surface area contributed by atoms with Crippen molar-refractivity contribution in [1.82, 2.24) is 9.97 Å². The lowest BCUT2D eigenvalue weighted by molar-refractivity contribution is 0.102. The highest BCUT2D eigenvalue weighted by molar-refractivity contribution is 6.09. The minimum atomic E-state index is -0.207. The Hall–Kier alpha value is -3.60. The Balaban J connectivity index is 1.61. The van der Waals surface area contributed by atoms with Crippen LogP contribution in [0.15, 0.2) is 73.1 Å². The number of hydrogen-bond donors (Lipinski definition) is 3. The summed E-state index contributed by atoms with van der Waals surface area (Å²) in [6.45, 7) is 0. The van der Waals surface area contributed by atoms with Crippen LogP contribution in [0, 0.1) is 0 Å². The second kappa shape index (κ2) is 6.13. The van der Waals surface area contributed by atoms with Crippen LogP contribution in [-0.4, -0.2) is 21.0 Å². The van der Waals surface area contributed by atoms with E-state index in [9.17, 15) is 9.90 Å². The van der Waals surface area contributed by atoms with Crippen LogP contribution in [0.4, 0.5) is 5.69 Å². The number of carbonyl (C=O) groups is 1. The number of aromatic amines is 1. The van der Waals surface area contributed by atoms with E-state index in [1.807, 2.05) is 36.4 Å². The quantitative estimate of drug-likeness (QED) is 0.527. The molecule has 0 spiro atoms. The van der Waals surface area contributed by atoms with Gasteiger partial charge in [-0.2, -0.15) is 0 Å². The number of aromatic nitrogens is 2. The zero-order valence-electron chi connectivity index (χ0n) is 13.2. The summed E-state index contributed by atoms with van der Waals surface area (Å²) in [5, 5.41) is 14.4. The molecule has 0 unspecified atom stereocenters. The van der Waals surface area contributed by atoms with Crippen LogP contribution in [0.3, 0.4) is 0 Å². The average Bonchev–Trinajstić information content (AvgIpc) is 3.17. The fourth-order valence-electron chi connectivity index (χ4n) is 2.77. The van der Waals surface area contributed by atoms with E-state index in [1.165, 1.54) is 0 Å². The van der Waals surface area contributed by atoms with Gasteiger partial charge in [0.05, 0.1) is 0 Å². The van der Waals surface area contributed by atoms with E-state index >= 15 is 0 Å². The van der Waals surface area contributed by atoms with Gasteiger partial charge in [0.2, 0.25) is 0 Å². The molecular weight excluding hydrogens is 314 g/mol. The molecular formula is C20H15N3O2. The van der Waals surface area contributed by atoms with Gasteiger partial charge in [-0.3, -0.25) is 4.79 Å². The fourth-order valence-corrected chi connectivity index (χ4v) is 2.77. The van der Waals surface area contributed by atoms with Crippen molar-refractivity contribution in [3.63, 3.8) is 0 Å². The van der Waals surface area contributed by atoms with Crippen molar-refractivity contribution in [1.29, 1.82) is 0 Å². The van der Waals surface area contributed by atoms with Crippen molar-refractivity contribution in [2.75, 3.05) is 5.32 Å². The number of phenols is 1. The van der Waals surface area contributed by atoms with E-state index in [2.05, 4.69) is 15.3 Å². The van der Waals surface area contributed by atoms with Gasteiger partial charge in [0.15, 0.2) is 0 Å². The van der Waals surface area contributed by atoms with Gasteiger partial charge < -0.3 is 15.4 Å². The maximum atomic E-state index is 12.5. The lowest BCUT2D eigenvalue weighted by atomic mass is 10.1. The second-order valence-electron chi connectivity index (χ2n) is 5.68. The van der Waals surface area contributed by atoms with Crippen molar-refractivity contribution >= 4 is 22.4 Å². The monoisotopic (exact) mass is 329 g/mol. The largest absolute Gasteiger partial charge is 0.508 e. The van der Waals surface area contributed by atoms with Crippen molar-refractivity contribution in [2.24, 2.45) is 0 Å². The summed E-state index contributed by atoms with van der Waals surface area (Å²) in [5.41, 5.74) is 2.12. The van der Waals surface area contributed by atoms with E-state index < -0.39 is 0 Å². The van der Waals surface area contributed by atoms with E-state index in [1.54, 1.807) is 36.7 Å². The first-order valence-electron chi connectivity index (χ1n) is 7.83. The molecule has 0 saturated heterocycles. The third kappa shape index (κ3) is 2.95. The molecule has 5 heteroatoms. The van der Waals surface area contributed by atoms with Crippen LogP contribution in [0.1, 0.15) is 10.4 Å². The van der Waals surface area contributed by atoms with E-state index in [0.29, 0.717) is 11.3 Å². The van der Waals surface area contributed by atoms with Gasteiger partial charge in [-0.05, 0) is 35.7 Å². The van der Waals surface area contributed by atoms with Crippen molar-refractivity contribution < 1.29 is 9.90 Å². The number of anilines is 1. The zero-order valence-corrected chi connectivity index (χ0v) is 13.2. The fraction of sp³-hybridized carbons (Fsp3) is 0. The molecule has 3 aromatic carbocycles. The van der Waals surface area contributed by atoms with Crippen LogP contribution < -0.4 is 5.32 Å². The molecule has 25 heavy (non-hydrogen) atoms. The van der Waals surface area contributed by atoms with Crippen molar-refractivity contribution in [3.8, 4) is 17.1 Å². The van der Waals surface area contributed by atoms with Crippen molar-refractivity contribution in [2.45, 2.75) is 0 Å². The number of benzene rings is 3. The number of nitrogens with one attached hydrogen (secondary N) is 2. The highest BCUT2D eigenvalue weighted by Gasteiger charge is 2.09. The minimum Gasteiger partial charge on any atom is -0.508 e. The van der Waals surface area contributed by atoms with E-state index in [-0.39, 0.29) is 11.7 Å². The lowest BCUT2D eigenvalue weighted by Gasteiger charge is -2.09. The third-order valence-corrected chi connectivity index (χ3v) is 4.03. The first kappa shape index (κ1) is 15.0. The Labute approximate surface area is 144 Å². The summed E-state index contributed by atoms with van der Waals surface area (Å²) in [6, 6.07) is 17.9. The Morgan fingerprint density at radius 1 is 1.04 bits per heavy atom. The molecule has 1 aromatic heterocycles. The van der Waals surface area contributed by atoms with Crippen LogP contribution in [0.2, 0.25) is 0 Å². The molecule has 1 heterocycles. The third-order valence-electron chi connectivity index (χ3n) is 4.03. The molecule has 0 atom stereocenters. The number of aromatic hydroxyl groups is 1. The highest BCUT2D eigenvalue weighted by Crippen LogP contribution is 2.27. The molecule has 0 saturated carbocycles. The number of phenolic OH excluding ortho intramolecular Hbond substituents is 1. The molecule has 0 radical (unpaired) electrons. The second-order valence-corrected chi connectivity index (χ2v) is 5.68. The maximum Gasteiger partial charge on any atom is 0.255 e. The number of nitrogens with zero attached hydrogens (tertiary/aromatic N) is 1. The van der Waals surface area contributed by atoms with Crippen LogP contribution >= 0.6 is 0 Å². The van der Waals surface area contributed by atoms with Gasteiger partial charge in [-0.15, -0.1) is 0 Å². The molecule has 3 N–H and O–H groups in total. The molecule has 5 nitrogen and oxygen atoms in total. The predicted molar refractivity (Wildman–Crippen MR) is 97.6 cm³/mol. The summed E-state index contributed by atoms with van der Waals surface area (Å²) >= 11 is 0. The molecule has 122 valence electrons. The summed E-state index contributed by atoms with van der Waals surface area (Å²) < 4.78 is 0. The maximum absolute atomic E-state index is 12.5. The van der Waals surface area contributed by atoms with Gasteiger partial charge in [-0.1, -0.05) is 30.3 Å². The van der Waals surface area contributed by atoms with E-state index in [0.717, 1.165) is 22.2 Å². The molecule has 0 fully saturated rings. The van der Waals surface area contributed by atoms with Gasteiger partial charge >= 0.3 is 0 Å². The Morgan fingerprint density at radius 3 is 2.64 bits per heavy atom. The summed E-state index contributed by atoms with van der Waals surface area (Å²) in [5.74, 6) is 0.718. The zero-order chi connectivity index (χ0) is 17.2. The summed E-state index contributed by atoms with van der Waals surface area (Å²) in [6.07, 6.45) is 3.44. The number of rotatable bonds is 3. The molecule has 0 aliphatic carbocycles. The van der Waals surface area contributed by atoms with Crippen LogP contribution in [0.5, 0.6) is 5.75 Å². The topological polar surface area (TPSA) is 78.0 Å². The van der Waals surface area contributed by atoms with E-state index in [4.69, 9.17) is 0 Å². The number of carbonyl (C=O) groups excluding carboxylic acids is 1. The van der Waals surface area contributed by atoms with Gasteiger partial charge in [0, 0.05) is 34.6 Å². The van der Waals surface area contributed by atoms with Gasteiger partial charge in [-0.25, -0.2) is 4.98 Å². The smallest absolute Gasteiger partial charge is 0.255 e. The first-order valence-corrected chi connectivity index (χ1v) is 7.83. The number of fused-ring (bicyclic) bond motifs is 1. The number of amides is 1. The number of hydrogen-bond acceptors (Lipinski definition) is 3. The average molecular weight is 329 g/mol. The molecule has 0 aliphatic heterocycles. The lowest BCUT2D eigenvalue weighted by Crippen LogP contribution is -2.12. The molecule has 1 amide bonds. The number of H-pyrrole nitrogens is 1. The van der Waals surface area contributed by atoms with Gasteiger partial charge in [0.1, 0.15) is 11.6 Å². The first-order chi connectivity index (χ1) is 12.2. The molecule has 0 aliphatic rings. The SMILES string of the molecule is O=C(Nc1cccc2ccc(O)cc12)c1ccc(-c2ncc[nH]2)cc1. The molecule has 4 rings (SSSR count).